The molecule has 0 aromatic heterocycles. The first kappa shape index (κ1) is 15.0. The van der Waals surface area contributed by atoms with Crippen LogP contribution in [-0.2, 0) is 0 Å². The summed E-state index contributed by atoms with van der Waals surface area (Å²) < 4.78 is 5.64. The summed E-state index contributed by atoms with van der Waals surface area (Å²) in [5, 5.41) is 3.11. The Balaban J connectivity index is 2.12. The molecule has 3 heteroatoms. The molecule has 3 nitrogen and oxygen atoms in total. The molecule has 0 aliphatic rings. The summed E-state index contributed by atoms with van der Waals surface area (Å²) in [6, 6.07) is 14.1. The average Bonchev–Trinajstić information content (AvgIpc) is 2.53. The lowest BCUT2D eigenvalue weighted by atomic mass is 10.1. The molecule has 0 spiro atoms. The van der Waals surface area contributed by atoms with Crippen molar-refractivity contribution in [3.63, 3.8) is 0 Å². The second kappa shape index (κ2) is 7.39. The van der Waals surface area contributed by atoms with Crippen LogP contribution >= 0.6 is 0 Å². The van der Waals surface area contributed by atoms with Gasteiger partial charge in [0.1, 0.15) is 5.75 Å². The molecule has 2 aromatic rings. The number of nitrogens with one attached hydrogen (secondary N) is 1. The van der Waals surface area contributed by atoms with Crippen LogP contribution in [0.1, 0.15) is 24.5 Å². The number of hydrogen-bond donors (Lipinski definition) is 2. The highest BCUT2D eigenvalue weighted by Gasteiger charge is 2.00. The Labute approximate surface area is 126 Å². The van der Waals surface area contributed by atoms with Gasteiger partial charge in [0.25, 0.3) is 0 Å². The van der Waals surface area contributed by atoms with Crippen LogP contribution in [0.5, 0.6) is 5.75 Å². The van der Waals surface area contributed by atoms with E-state index in [-0.39, 0.29) is 0 Å². The van der Waals surface area contributed by atoms with Crippen molar-refractivity contribution in [3.8, 4) is 5.75 Å². The summed E-state index contributed by atoms with van der Waals surface area (Å²) in [6.45, 7) is 2.76. The summed E-state index contributed by atoms with van der Waals surface area (Å²) in [5.41, 5.74) is 9.93. The van der Waals surface area contributed by atoms with Gasteiger partial charge in [-0.2, -0.15) is 0 Å². The third-order valence-corrected chi connectivity index (χ3v) is 3.17. The van der Waals surface area contributed by atoms with Crippen LogP contribution in [0.25, 0.3) is 12.2 Å². The molecule has 0 unspecified atom stereocenters. The third-order valence-electron chi connectivity index (χ3n) is 3.17. The molecule has 0 amide bonds. The number of benzene rings is 2. The van der Waals surface area contributed by atoms with Crippen LogP contribution in [0.15, 0.2) is 42.5 Å². The highest BCUT2D eigenvalue weighted by molar-refractivity contribution is 5.72. The zero-order chi connectivity index (χ0) is 15.1. The summed E-state index contributed by atoms with van der Waals surface area (Å²) in [4.78, 5) is 0. The maximum Gasteiger partial charge on any atom is 0.142 e. The first-order chi connectivity index (χ1) is 10.2. The van der Waals surface area contributed by atoms with Crippen LogP contribution in [-0.4, -0.2) is 13.7 Å². The lowest BCUT2D eigenvalue weighted by Crippen LogP contribution is -1.99. The fraction of sp³-hybridized carbons (Fsp3) is 0.222. The van der Waals surface area contributed by atoms with Crippen LogP contribution in [0.3, 0.4) is 0 Å². The van der Waals surface area contributed by atoms with Crippen molar-refractivity contribution in [2.75, 3.05) is 24.7 Å². The Kier molecular flexibility index (Phi) is 5.27. The van der Waals surface area contributed by atoms with E-state index in [1.165, 1.54) is 0 Å². The van der Waals surface area contributed by atoms with Crippen LogP contribution in [0, 0.1) is 0 Å². The van der Waals surface area contributed by atoms with Crippen molar-refractivity contribution >= 4 is 23.5 Å². The van der Waals surface area contributed by atoms with E-state index in [2.05, 4.69) is 48.7 Å². The minimum atomic E-state index is 0.680. The van der Waals surface area contributed by atoms with Gasteiger partial charge in [-0.05, 0) is 41.8 Å². The molecule has 0 fully saturated rings. The first-order valence-corrected chi connectivity index (χ1v) is 7.21. The maximum atomic E-state index is 5.91. The normalized spacial score (nSPS) is 10.8. The first-order valence-electron chi connectivity index (χ1n) is 7.21. The topological polar surface area (TPSA) is 47.3 Å². The fourth-order valence-corrected chi connectivity index (χ4v) is 1.94. The Morgan fingerprint density at radius 1 is 1.05 bits per heavy atom. The second-order valence-electron chi connectivity index (χ2n) is 4.85. The number of ether oxygens (including phenoxy) is 1. The van der Waals surface area contributed by atoms with Crippen molar-refractivity contribution in [2.24, 2.45) is 0 Å². The van der Waals surface area contributed by atoms with E-state index in [1.54, 1.807) is 0 Å². The highest BCUT2D eigenvalue weighted by Crippen LogP contribution is 2.24. The van der Waals surface area contributed by atoms with Crippen molar-refractivity contribution in [3.05, 3.63) is 53.6 Å². The fourth-order valence-electron chi connectivity index (χ4n) is 1.94. The van der Waals surface area contributed by atoms with Crippen LogP contribution in [0.2, 0.25) is 0 Å². The molecule has 0 aliphatic heterocycles. The highest BCUT2D eigenvalue weighted by atomic mass is 16.5. The molecule has 2 aromatic carbocycles. The van der Waals surface area contributed by atoms with Gasteiger partial charge in [0, 0.05) is 12.7 Å². The zero-order valence-electron chi connectivity index (χ0n) is 12.6. The van der Waals surface area contributed by atoms with Crippen LogP contribution in [0.4, 0.5) is 11.4 Å². The summed E-state index contributed by atoms with van der Waals surface area (Å²) >= 11 is 0. The largest absolute Gasteiger partial charge is 0.491 e. The monoisotopic (exact) mass is 282 g/mol. The van der Waals surface area contributed by atoms with Crippen LogP contribution < -0.4 is 15.8 Å². The molecular weight excluding hydrogens is 260 g/mol. The van der Waals surface area contributed by atoms with E-state index in [4.69, 9.17) is 10.5 Å². The SMILES string of the molecule is CCCOc1cc(/C=C/c2ccc(NC)cc2)ccc1N. The van der Waals surface area contributed by atoms with Crippen molar-refractivity contribution < 1.29 is 4.74 Å². The predicted octanol–water partition coefficient (Wildman–Crippen LogP) is 4.27. The minimum Gasteiger partial charge on any atom is -0.491 e. The smallest absolute Gasteiger partial charge is 0.142 e. The Hall–Kier alpha value is -2.42. The molecule has 2 rings (SSSR count). The maximum absolute atomic E-state index is 5.91. The number of nitrogen functional groups attached to an aromatic ring is 1. The van der Waals surface area contributed by atoms with Gasteiger partial charge < -0.3 is 15.8 Å². The van der Waals surface area contributed by atoms with E-state index in [0.29, 0.717) is 12.3 Å². The van der Waals surface area contributed by atoms with E-state index in [0.717, 1.165) is 29.0 Å². The summed E-state index contributed by atoms with van der Waals surface area (Å²) in [7, 11) is 1.91. The molecule has 0 radical (unpaired) electrons. The number of anilines is 2. The van der Waals surface area contributed by atoms with Gasteiger partial charge in [0.05, 0.1) is 12.3 Å². The van der Waals surface area contributed by atoms with Crippen molar-refractivity contribution in [1.82, 2.24) is 0 Å². The minimum absolute atomic E-state index is 0.680. The molecular formula is C18H22N2O. The summed E-state index contributed by atoms with van der Waals surface area (Å²) in [5.74, 6) is 0.754. The molecule has 0 aliphatic carbocycles. The molecule has 0 heterocycles. The lowest BCUT2D eigenvalue weighted by Gasteiger charge is -2.08. The molecule has 0 saturated carbocycles. The average molecular weight is 282 g/mol. The number of rotatable bonds is 6. The number of hydrogen-bond acceptors (Lipinski definition) is 3. The molecule has 0 atom stereocenters. The quantitative estimate of drug-likeness (QED) is 0.614. The van der Waals surface area contributed by atoms with Crippen molar-refractivity contribution in [1.29, 1.82) is 0 Å². The van der Waals surface area contributed by atoms with E-state index in [1.807, 2.05) is 25.2 Å². The molecule has 3 N–H and O–H groups in total. The zero-order valence-corrected chi connectivity index (χ0v) is 12.6. The Bertz CT molecular complexity index is 603. The van der Waals surface area contributed by atoms with Gasteiger partial charge in [-0.3, -0.25) is 0 Å². The van der Waals surface area contributed by atoms with Gasteiger partial charge in [-0.25, -0.2) is 0 Å². The second-order valence-corrected chi connectivity index (χ2v) is 4.85. The molecule has 21 heavy (non-hydrogen) atoms. The predicted molar refractivity (Wildman–Crippen MR) is 91.6 cm³/mol. The number of nitrogens with two attached hydrogens (primary N) is 1. The van der Waals surface area contributed by atoms with E-state index >= 15 is 0 Å². The van der Waals surface area contributed by atoms with Gasteiger partial charge in [0.15, 0.2) is 0 Å². The van der Waals surface area contributed by atoms with Gasteiger partial charge in [-0.1, -0.05) is 37.3 Å². The standard InChI is InChI=1S/C18H22N2O/c1-3-12-21-18-13-15(8-11-17(18)19)5-4-14-6-9-16(20-2)10-7-14/h4-11,13,20H,3,12,19H2,1-2H3/b5-4+. The van der Waals surface area contributed by atoms with Gasteiger partial charge in [-0.15, -0.1) is 0 Å². The summed E-state index contributed by atoms with van der Waals surface area (Å²) in [6.07, 6.45) is 5.11. The molecule has 0 bridgehead atoms. The Morgan fingerprint density at radius 3 is 2.38 bits per heavy atom. The Morgan fingerprint density at radius 2 is 1.71 bits per heavy atom. The lowest BCUT2D eigenvalue weighted by molar-refractivity contribution is 0.319. The molecule has 110 valence electrons. The van der Waals surface area contributed by atoms with E-state index < -0.39 is 0 Å². The third kappa shape index (κ3) is 4.28. The van der Waals surface area contributed by atoms with Gasteiger partial charge in [0.2, 0.25) is 0 Å². The molecule has 0 saturated heterocycles. The van der Waals surface area contributed by atoms with Gasteiger partial charge >= 0.3 is 0 Å². The van der Waals surface area contributed by atoms with E-state index in [9.17, 15) is 0 Å². The van der Waals surface area contributed by atoms with Crippen molar-refractivity contribution in [2.45, 2.75) is 13.3 Å².